The lowest BCUT2D eigenvalue weighted by molar-refractivity contribution is 0.425. The van der Waals surface area contributed by atoms with Gasteiger partial charge in [-0.2, -0.15) is 0 Å². The molecule has 142 valence electrons. The van der Waals surface area contributed by atoms with Gasteiger partial charge in [0.05, 0.1) is 11.4 Å². The number of nitrogens with one attached hydrogen (secondary N) is 1. The zero-order chi connectivity index (χ0) is 19.5. The maximum Gasteiger partial charge on any atom is 0.181 e. The van der Waals surface area contributed by atoms with E-state index in [-0.39, 0.29) is 5.82 Å². The summed E-state index contributed by atoms with van der Waals surface area (Å²) in [5, 5.41) is 3.36. The number of nitrogens with zero attached hydrogens (tertiary/aromatic N) is 5. The molecule has 6 nitrogen and oxygen atoms in total. The van der Waals surface area contributed by atoms with Crippen LogP contribution in [0.2, 0.25) is 0 Å². The first kappa shape index (κ1) is 18.1. The normalized spacial score (nSPS) is 11.3. The molecule has 0 fully saturated rings. The summed E-state index contributed by atoms with van der Waals surface area (Å²) in [6.07, 6.45) is 7.15. The third kappa shape index (κ3) is 3.57. The van der Waals surface area contributed by atoms with Crippen LogP contribution in [0.25, 0.3) is 28.2 Å². The summed E-state index contributed by atoms with van der Waals surface area (Å²) in [5.41, 5.74) is 4.24. The van der Waals surface area contributed by atoms with Crippen LogP contribution in [0.15, 0.2) is 61.2 Å². The average Bonchev–Trinajstić information content (AvgIpc) is 3.09. The van der Waals surface area contributed by atoms with Crippen molar-refractivity contribution in [1.82, 2.24) is 24.3 Å². The fourth-order valence-corrected chi connectivity index (χ4v) is 3.09. The first-order chi connectivity index (χ1) is 13.6. The van der Waals surface area contributed by atoms with E-state index in [1.165, 1.54) is 12.1 Å². The molecule has 0 unspecified atom stereocenters. The van der Waals surface area contributed by atoms with Crippen LogP contribution >= 0.6 is 0 Å². The summed E-state index contributed by atoms with van der Waals surface area (Å²) in [6, 6.07) is 10.3. The van der Waals surface area contributed by atoms with Gasteiger partial charge in [0.25, 0.3) is 0 Å². The van der Waals surface area contributed by atoms with E-state index in [0.717, 1.165) is 41.3 Å². The summed E-state index contributed by atoms with van der Waals surface area (Å²) < 4.78 is 15.5. The second kappa shape index (κ2) is 7.74. The number of hydrogen-bond donors (Lipinski definition) is 1. The maximum absolute atomic E-state index is 13.4. The predicted octanol–water partition coefficient (Wildman–Crippen LogP) is 3.57. The first-order valence-corrected chi connectivity index (χ1v) is 9.05. The molecule has 1 aromatic carbocycles. The zero-order valence-electron chi connectivity index (χ0n) is 15.8. The van der Waals surface area contributed by atoms with Crippen molar-refractivity contribution in [1.29, 1.82) is 0 Å². The summed E-state index contributed by atoms with van der Waals surface area (Å²) >= 11 is 0. The van der Waals surface area contributed by atoms with Gasteiger partial charge in [-0.15, -0.1) is 0 Å². The van der Waals surface area contributed by atoms with E-state index in [2.05, 4.69) is 20.2 Å². The minimum Gasteiger partial charge on any atom is -0.366 e. The fourth-order valence-electron chi connectivity index (χ4n) is 3.09. The molecular weight excluding hydrogens is 355 g/mol. The van der Waals surface area contributed by atoms with Gasteiger partial charge < -0.3 is 10.2 Å². The third-order valence-corrected chi connectivity index (χ3v) is 4.47. The number of anilines is 1. The standard InChI is InChI=1S/C21H21FN6/c1-27(2)13-11-24-20-21-26-18(15-3-5-17(22)6-4-15)19(28(21)14-12-25-20)16-7-9-23-10-8-16/h3-10,12,14H,11,13H2,1-2H3,(H,24,25). The van der Waals surface area contributed by atoms with Gasteiger partial charge >= 0.3 is 0 Å². The lowest BCUT2D eigenvalue weighted by Crippen LogP contribution is -2.21. The van der Waals surface area contributed by atoms with Crippen LogP contribution in [-0.2, 0) is 0 Å². The molecule has 0 aliphatic rings. The molecule has 1 N–H and O–H groups in total. The number of halogens is 1. The van der Waals surface area contributed by atoms with Crippen LogP contribution in [0.3, 0.4) is 0 Å². The van der Waals surface area contributed by atoms with Gasteiger partial charge in [0.2, 0.25) is 0 Å². The Labute approximate surface area is 162 Å². The molecule has 0 radical (unpaired) electrons. The molecular formula is C21H21FN6. The monoisotopic (exact) mass is 376 g/mol. The number of fused-ring (bicyclic) bond motifs is 1. The highest BCUT2D eigenvalue weighted by Crippen LogP contribution is 2.33. The second-order valence-corrected chi connectivity index (χ2v) is 6.75. The molecule has 3 aromatic heterocycles. The lowest BCUT2D eigenvalue weighted by Gasteiger charge is -2.11. The van der Waals surface area contributed by atoms with Crippen LogP contribution in [0.5, 0.6) is 0 Å². The van der Waals surface area contributed by atoms with Crippen molar-refractivity contribution in [2.45, 2.75) is 0 Å². The predicted molar refractivity (Wildman–Crippen MR) is 109 cm³/mol. The van der Waals surface area contributed by atoms with Gasteiger partial charge in [-0.3, -0.25) is 9.38 Å². The SMILES string of the molecule is CN(C)CCNc1nccn2c(-c3ccncc3)c(-c3ccc(F)cc3)nc12. The van der Waals surface area contributed by atoms with Crippen molar-refractivity contribution in [3.8, 4) is 22.5 Å². The Morgan fingerprint density at radius 1 is 1.00 bits per heavy atom. The van der Waals surface area contributed by atoms with E-state index < -0.39 is 0 Å². The highest BCUT2D eigenvalue weighted by atomic mass is 19.1. The Morgan fingerprint density at radius 2 is 1.75 bits per heavy atom. The fraction of sp³-hybridized carbons (Fsp3) is 0.190. The molecule has 0 saturated heterocycles. The van der Waals surface area contributed by atoms with E-state index in [1.807, 2.05) is 36.8 Å². The van der Waals surface area contributed by atoms with Crippen LogP contribution in [-0.4, -0.2) is 51.4 Å². The van der Waals surface area contributed by atoms with Crippen molar-refractivity contribution in [2.75, 3.05) is 32.5 Å². The van der Waals surface area contributed by atoms with Gasteiger partial charge in [-0.1, -0.05) is 0 Å². The summed E-state index contributed by atoms with van der Waals surface area (Å²) in [7, 11) is 4.05. The lowest BCUT2D eigenvalue weighted by atomic mass is 10.1. The van der Waals surface area contributed by atoms with Crippen molar-refractivity contribution in [3.63, 3.8) is 0 Å². The van der Waals surface area contributed by atoms with Crippen molar-refractivity contribution in [3.05, 3.63) is 67.0 Å². The molecule has 0 bridgehead atoms. The largest absolute Gasteiger partial charge is 0.366 e. The molecule has 0 spiro atoms. The van der Waals surface area contributed by atoms with Gasteiger partial charge in [0.15, 0.2) is 11.5 Å². The molecule has 0 aliphatic carbocycles. The number of hydrogen-bond acceptors (Lipinski definition) is 5. The zero-order valence-corrected chi connectivity index (χ0v) is 15.8. The van der Waals surface area contributed by atoms with Gasteiger partial charge in [0.1, 0.15) is 5.82 Å². The molecule has 0 amide bonds. The number of imidazole rings is 1. The van der Waals surface area contributed by atoms with E-state index in [0.29, 0.717) is 5.82 Å². The molecule has 3 heterocycles. The van der Waals surface area contributed by atoms with Crippen LogP contribution in [0, 0.1) is 5.82 Å². The second-order valence-electron chi connectivity index (χ2n) is 6.75. The van der Waals surface area contributed by atoms with Crippen molar-refractivity contribution >= 4 is 11.5 Å². The maximum atomic E-state index is 13.4. The number of aromatic nitrogens is 4. The smallest absolute Gasteiger partial charge is 0.181 e. The van der Waals surface area contributed by atoms with Crippen LogP contribution in [0.4, 0.5) is 10.2 Å². The number of benzene rings is 1. The molecule has 28 heavy (non-hydrogen) atoms. The van der Waals surface area contributed by atoms with Crippen molar-refractivity contribution < 1.29 is 4.39 Å². The third-order valence-electron chi connectivity index (χ3n) is 4.47. The minimum atomic E-state index is -0.273. The Morgan fingerprint density at radius 3 is 2.46 bits per heavy atom. The van der Waals surface area contributed by atoms with E-state index in [4.69, 9.17) is 4.98 Å². The molecule has 4 rings (SSSR count). The Bertz CT molecular complexity index is 1070. The quantitative estimate of drug-likeness (QED) is 0.557. The molecule has 0 aliphatic heterocycles. The molecule has 0 atom stereocenters. The summed E-state index contributed by atoms with van der Waals surface area (Å²) in [6.45, 7) is 1.63. The summed E-state index contributed by atoms with van der Waals surface area (Å²) in [4.78, 5) is 15.6. The highest BCUT2D eigenvalue weighted by Gasteiger charge is 2.18. The van der Waals surface area contributed by atoms with Gasteiger partial charge in [0, 0.05) is 49.0 Å². The Kier molecular flexibility index (Phi) is 4.99. The topological polar surface area (TPSA) is 58.4 Å². The van der Waals surface area contributed by atoms with Crippen molar-refractivity contribution in [2.24, 2.45) is 0 Å². The number of likely N-dealkylation sites (N-methyl/N-ethyl adjacent to an activating group) is 1. The molecule has 4 aromatic rings. The summed E-state index contributed by atoms with van der Waals surface area (Å²) in [5.74, 6) is 0.443. The van der Waals surface area contributed by atoms with Crippen LogP contribution < -0.4 is 5.32 Å². The average molecular weight is 376 g/mol. The minimum absolute atomic E-state index is 0.273. The van der Waals surface area contributed by atoms with E-state index in [1.54, 1.807) is 30.7 Å². The number of rotatable bonds is 6. The van der Waals surface area contributed by atoms with E-state index in [9.17, 15) is 4.39 Å². The Hall–Kier alpha value is -3.32. The number of pyridine rings is 1. The first-order valence-electron chi connectivity index (χ1n) is 9.05. The van der Waals surface area contributed by atoms with Gasteiger partial charge in [-0.05, 0) is 50.5 Å². The Balaban J connectivity index is 1.88. The molecule has 0 saturated carbocycles. The van der Waals surface area contributed by atoms with E-state index >= 15 is 0 Å². The van der Waals surface area contributed by atoms with Gasteiger partial charge in [-0.25, -0.2) is 14.4 Å². The molecule has 7 heteroatoms. The highest BCUT2D eigenvalue weighted by molar-refractivity contribution is 5.84. The van der Waals surface area contributed by atoms with Crippen LogP contribution in [0.1, 0.15) is 0 Å².